The van der Waals surface area contributed by atoms with Crippen LogP contribution in [0.15, 0.2) is 12.2 Å². The fraction of sp³-hybridized carbons (Fsp3) is 0.864. The Bertz CT molecular complexity index is 381. The van der Waals surface area contributed by atoms with E-state index in [-0.39, 0.29) is 0 Å². The molecule has 27 heavy (non-hydrogen) atoms. The molecule has 1 amide bonds. The summed E-state index contributed by atoms with van der Waals surface area (Å²) in [5.41, 5.74) is -1.17. The van der Waals surface area contributed by atoms with Crippen LogP contribution in [-0.4, -0.2) is 53.1 Å². The first-order valence-corrected chi connectivity index (χ1v) is 10.8. The number of amides is 1. The average molecular weight is 386 g/mol. The molecule has 0 radical (unpaired) electrons. The van der Waals surface area contributed by atoms with Gasteiger partial charge in [0.25, 0.3) is 0 Å². The number of aliphatic hydroxyl groups is 3. The summed E-state index contributed by atoms with van der Waals surface area (Å²) in [5, 5.41) is 28.3. The molecule has 5 nitrogen and oxygen atoms in total. The molecule has 0 atom stereocenters. The molecule has 0 unspecified atom stereocenters. The van der Waals surface area contributed by atoms with Crippen molar-refractivity contribution in [1.82, 2.24) is 4.90 Å². The van der Waals surface area contributed by atoms with Crippen molar-refractivity contribution in [2.75, 3.05) is 27.0 Å². The summed E-state index contributed by atoms with van der Waals surface area (Å²) in [7, 11) is 1.47. The molecule has 0 aromatic rings. The van der Waals surface area contributed by atoms with E-state index in [0.29, 0.717) is 6.42 Å². The number of unbranched alkanes of at least 4 members (excludes halogenated alkanes) is 10. The number of allylic oxidation sites excluding steroid dienone is 2. The molecular weight excluding hydrogens is 342 g/mol. The predicted octanol–water partition coefficient (Wildman–Crippen LogP) is 4.01. The van der Waals surface area contributed by atoms with Crippen molar-refractivity contribution < 1.29 is 20.1 Å². The molecule has 0 aliphatic carbocycles. The normalized spacial score (nSPS) is 12.0. The van der Waals surface area contributed by atoms with Crippen LogP contribution in [0.5, 0.6) is 0 Å². The van der Waals surface area contributed by atoms with Crippen LogP contribution in [0.25, 0.3) is 0 Å². The van der Waals surface area contributed by atoms with Crippen molar-refractivity contribution in [2.45, 2.75) is 90.4 Å². The zero-order valence-corrected chi connectivity index (χ0v) is 17.7. The zero-order chi connectivity index (χ0) is 20.4. The Kier molecular flexibility index (Phi) is 16.6. The van der Waals surface area contributed by atoms with E-state index in [0.717, 1.165) is 37.0 Å². The SMILES string of the molecule is CCCCCCCC/C=C\CCCCCCC(CO)(CO)C(=O)N(C)CO. The molecule has 160 valence electrons. The predicted molar refractivity (Wildman–Crippen MR) is 111 cm³/mol. The Morgan fingerprint density at radius 1 is 0.815 bits per heavy atom. The minimum Gasteiger partial charge on any atom is -0.395 e. The maximum Gasteiger partial charge on any atom is 0.235 e. The van der Waals surface area contributed by atoms with Crippen LogP contribution >= 0.6 is 0 Å². The van der Waals surface area contributed by atoms with Gasteiger partial charge in [0.1, 0.15) is 6.73 Å². The Labute approximate surface area is 166 Å². The van der Waals surface area contributed by atoms with Gasteiger partial charge in [-0.1, -0.05) is 70.4 Å². The topological polar surface area (TPSA) is 81.0 Å². The number of carbonyl (C=O) groups is 1. The molecule has 0 aromatic heterocycles. The van der Waals surface area contributed by atoms with Gasteiger partial charge in [-0.3, -0.25) is 4.79 Å². The van der Waals surface area contributed by atoms with Gasteiger partial charge in [0, 0.05) is 7.05 Å². The van der Waals surface area contributed by atoms with Crippen LogP contribution in [-0.2, 0) is 4.79 Å². The minimum absolute atomic E-state index is 0.395. The van der Waals surface area contributed by atoms with Crippen molar-refractivity contribution in [1.29, 1.82) is 0 Å². The Hall–Kier alpha value is -0.910. The number of rotatable bonds is 18. The molecule has 0 fully saturated rings. The smallest absolute Gasteiger partial charge is 0.235 e. The zero-order valence-electron chi connectivity index (χ0n) is 17.7. The largest absolute Gasteiger partial charge is 0.395 e. The van der Waals surface area contributed by atoms with Gasteiger partial charge in [0.05, 0.1) is 18.6 Å². The molecule has 0 aliphatic rings. The van der Waals surface area contributed by atoms with Crippen LogP contribution in [0.1, 0.15) is 90.4 Å². The van der Waals surface area contributed by atoms with Gasteiger partial charge < -0.3 is 20.2 Å². The minimum atomic E-state index is -1.17. The van der Waals surface area contributed by atoms with Crippen molar-refractivity contribution in [3.05, 3.63) is 12.2 Å². The van der Waals surface area contributed by atoms with Crippen LogP contribution < -0.4 is 0 Å². The summed E-state index contributed by atoms with van der Waals surface area (Å²) in [5.74, 6) is -0.396. The molecule has 0 saturated carbocycles. The summed E-state index contributed by atoms with van der Waals surface area (Å²) >= 11 is 0. The lowest BCUT2D eigenvalue weighted by molar-refractivity contribution is -0.150. The van der Waals surface area contributed by atoms with E-state index in [1.54, 1.807) is 0 Å². The first-order valence-electron chi connectivity index (χ1n) is 10.8. The van der Waals surface area contributed by atoms with Gasteiger partial charge >= 0.3 is 0 Å². The molecule has 0 spiro atoms. The highest BCUT2D eigenvalue weighted by Gasteiger charge is 2.38. The molecule has 0 saturated heterocycles. The highest BCUT2D eigenvalue weighted by atomic mass is 16.3. The molecule has 0 heterocycles. The maximum absolute atomic E-state index is 12.3. The van der Waals surface area contributed by atoms with Crippen LogP contribution in [0.3, 0.4) is 0 Å². The van der Waals surface area contributed by atoms with Crippen molar-refractivity contribution in [3.63, 3.8) is 0 Å². The summed E-state index contributed by atoms with van der Waals surface area (Å²) in [4.78, 5) is 13.4. The van der Waals surface area contributed by atoms with Crippen molar-refractivity contribution in [3.8, 4) is 0 Å². The van der Waals surface area contributed by atoms with E-state index in [4.69, 9.17) is 5.11 Å². The lowest BCUT2D eigenvalue weighted by Crippen LogP contribution is -2.47. The second-order valence-electron chi connectivity index (χ2n) is 7.72. The number of hydrogen-bond donors (Lipinski definition) is 3. The van der Waals surface area contributed by atoms with E-state index in [9.17, 15) is 15.0 Å². The molecule has 3 N–H and O–H groups in total. The molecular formula is C22H43NO4. The van der Waals surface area contributed by atoms with Crippen LogP contribution in [0.2, 0.25) is 0 Å². The second-order valence-corrected chi connectivity index (χ2v) is 7.72. The van der Waals surface area contributed by atoms with Gasteiger partial charge in [-0.25, -0.2) is 0 Å². The third-order valence-corrected chi connectivity index (χ3v) is 5.28. The lowest BCUT2D eigenvalue weighted by atomic mass is 9.82. The maximum atomic E-state index is 12.3. The average Bonchev–Trinajstić information content (AvgIpc) is 2.70. The van der Waals surface area contributed by atoms with Gasteiger partial charge in [0.15, 0.2) is 0 Å². The number of carbonyl (C=O) groups excluding carboxylic acids is 1. The Morgan fingerprint density at radius 2 is 1.30 bits per heavy atom. The third kappa shape index (κ3) is 11.5. The van der Waals surface area contributed by atoms with Crippen LogP contribution in [0, 0.1) is 5.41 Å². The molecule has 0 rings (SSSR count). The van der Waals surface area contributed by atoms with Gasteiger partial charge in [0.2, 0.25) is 5.91 Å². The van der Waals surface area contributed by atoms with E-state index in [1.165, 1.54) is 52.0 Å². The fourth-order valence-corrected chi connectivity index (χ4v) is 3.28. The monoisotopic (exact) mass is 385 g/mol. The Balaban J connectivity index is 3.79. The number of nitrogens with zero attached hydrogens (tertiary/aromatic N) is 1. The van der Waals surface area contributed by atoms with Crippen LogP contribution in [0.4, 0.5) is 0 Å². The molecule has 0 bridgehead atoms. The second kappa shape index (κ2) is 17.2. The first kappa shape index (κ1) is 26.1. The standard InChI is InChI=1S/C22H43NO4/c1-3-4-5-6-7-8-9-10-11-12-13-14-15-16-17-22(18-24,19-25)21(27)23(2)20-26/h10-11,24-26H,3-9,12-20H2,1-2H3/b11-10-. The van der Waals surface area contributed by atoms with Crippen molar-refractivity contribution >= 4 is 5.91 Å². The van der Waals surface area contributed by atoms with E-state index < -0.39 is 31.3 Å². The van der Waals surface area contributed by atoms with E-state index in [2.05, 4.69) is 19.1 Å². The summed E-state index contributed by atoms with van der Waals surface area (Å²) in [6, 6.07) is 0. The highest BCUT2D eigenvalue weighted by molar-refractivity contribution is 5.82. The van der Waals surface area contributed by atoms with Gasteiger partial charge in [-0.05, 0) is 32.1 Å². The van der Waals surface area contributed by atoms with E-state index in [1.807, 2.05) is 0 Å². The first-order chi connectivity index (χ1) is 13.1. The van der Waals surface area contributed by atoms with Gasteiger partial charge in [-0.2, -0.15) is 0 Å². The summed E-state index contributed by atoms with van der Waals surface area (Å²) in [6.45, 7) is 1.04. The number of hydrogen-bond acceptors (Lipinski definition) is 4. The summed E-state index contributed by atoms with van der Waals surface area (Å²) < 4.78 is 0. The van der Waals surface area contributed by atoms with Crippen molar-refractivity contribution in [2.24, 2.45) is 5.41 Å². The third-order valence-electron chi connectivity index (χ3n) is 5.28. The Morgan fingerprint density at radius 3 is 1.78 bits per heavy atom. The lowest BCUT2D eigenvalue weighted by Gasteiger charge is -2.32. The number of aliphatic hydroxyl groups excluding tert-OH is 3. The molecule has 0 aromatic carbocycles. The van der Waals surface area contributed by atoms with E-state index >= 15 is 0 Å². The molecule has 5 heteroatoms. The van der Waals surface area contributed by atoms with Gasteiger partial charge in [-0.15, -0.1) is 0 Å². The fourth-order valence-electron chi connectivity index (χ4n) is 3.28. The summed E-state index contributed by atoms with van der Waals surface area (Å²) in [6.07, 6.45) is 19.3. The highest BCUT2D eigenvalue weighted by Crippen LogP contribution is 2.27. The quantitative estimate of drug-likeness (QED) is 0.189. The molecule has 0 aliphatic heterocycles.